The Kier molecular flexibility index (Phi) is 5.96. The first kappa shape index (κ1) is 16.2. The lowest BCUT2D eigenvalue weighted by Crippen LogP contribution is -2.46. The number of nitrogens with one attached hydrogen (secondary N) is 2. The fourth-order valence-corrected chi connectivity index (χ4v) is 2.81. The highest BCUT2D eigenvalue weighted by Gasteiger charge is 2.21. The smallest absolute Gasteiger partial charge is 0.238 e. The largest absolute Gasteiger partial charge is 0.325 e. The summed E-state index contributed by atoms with van der Waals surface area (Å²) in [6, 6.07) is 4.64. The molecule has 21 heavy (non-hydrogen) atoms. The van der Waals surface area contributed by atoms with Crippen LogP contribution in [0, 0.1) is 5.82 Å². The van der Waals surface area contributed by atoms with Crippen molar-refractivity contribution in [3.05, 3.63) is 29.0 Å². The first-order valence-corrected chi connectivity index (χ1v) is 7.67. The van der Waals surface area contributed by atoms with Crippen LogP contribution in [0.25, 0.3) is 0 Å². The van der Waals surface area contributed by atoms with E-state index in [1.807, 2.05) is 0 Å². The zero-order valence-electron chi connectivity index (χ0n) is 12.2. The number of rotatable bonds is 5. The molecule has 1 aromatic rings. The van der Waals surface area contributed by atoms with Gasteiger partial charge >= 0.3 is 0 Å². The summed E-state index contributed by atoms with van der Waals surface area (Å²) in [4.78, 5) is 14.3. The molecule has 1 fully saturated rings. The molecule has 2 N–H and O–H groups in total. The van der Waals surface area contributed by atoms with Crippen LogP contribution in [0.2, 0.25) is 5.02 Å². The Labute approximate surface area is 129 Å². The Balaban J connectivity index is 1.91. The van der Waals surface area contributed by atoms with Gasteiger partial charge in [0, 0.05) is 11.7 Å². The van der Waals surface area contributed by atoms with Crippen LogP contribution in [-0.2, 0) is 4.79 Å². The number of carbonyl (C=O) groups excluding carboxylic acids is 1. The van der Waals surface area contributed by atoms with Gasteiger partial charge < -0.3 is 10.6 Å². The van der Waals surface area contributed by atoms with Crippen molar-refractivity contribution < 1.29 is 9.18 Å². The summed E-state index contributed by atoms with van der Waals surface area (Å²) in [5, 5.41) is 6.10. The summed E-state index contributed by atoms with van der Waals surface area (Å²) in [7, 11) is 0. The number of nitrogens with zero attached hydrogens (tertiary/aromatic N) is 1. The first-order chi connectivity index (χ1) is 10.1. The van der Waals surface area contributed by atoms with Gasteiger partial charge in [0.2, 0.25) is 5.91 Å². The summed E-state index contributed by atoms with van der Waals surface area (Å²) >= 11 is 5.71. The molecule has 1 aliphatic rings. The van der Waals surface area contributed by atoms with E-state index in [0.717, 1.165) is 32.5 Å². The van der Waals surface area contributed by atoms with E-state index in [4.69, 9.17) is 11.6 Å². The average Bonchev–Trinajstić information content (AvgIpc) is 2.49. The number of halogens is 2. The molecule has 0 bridgehead atoms. The summed E-state index contributed by atoms with van der Waals surface area (Å²) in [6.45, 7) is 5.23. The van der Waals surface area contributed by atoms with Gasteiger partial charge in [0.05, 0.1) is 11.6 Å². The molecule has 2 rings (SSSR count). The summed E-state index contributed by atoms with van der Waals surface area (Å²) in [5.41, 5.74) is 0.521. The molecule has 1 aromatic carbocycles. The van der Waals surface area contributed by atoms with Gasteiger partial charge in [-0.05, 0) is 50.7 Å². The average molecular weight is 314 g/mol. The van der Waals surface area contributed by atoms with Crippen molar-refractivity contribution in [1.29, 1.82) is 0 Å². The number of carbonyl (C=O) groups is 1. The van der Waals surface area contributed by atoms with Gasteiger partial charge in [-0.25, -0.2) is 4.39 Å². The van der Waals surface area contributed by atoms with Crippen LogP contribution in [0.5, 0.6) is 0 Å². The number of hydrogen-bond acceptors (Lipinski definition) is 3. The van der Waals surface area contributed by atoms with Crippen molar-refractivity contribution in [2.24, 2.45) is 0 Å². The van der Waals surface area contributed by atoms with Gasteiger partial charge in [-0.2, -0.15) is 0 Å². The van der Waals surface area contributed by atoms with Crippen LogP contribution >= 0.6 is 11.6 Å². The van der Waals surface area contributed by atoms with E-state index in [0.29, 0.717) is 18.3 Å². The maximum Gasteiger partial charge on any atom is 0.238 e. The van der Waals surface area contributed by atoms with E-state index >= 15 is 0 Å². The van der Waals surface area contributed by atoms with E-state index in [1.165, 1.54) is 18.2 Å². The number of anilines is 1. The van der Waals surface area contributed by atoms with Crippen LogP contribution in [0.1, 0.15) is 19.8 Å². The minimum absolute atomic E-state index is 0.0125. The standard InChI is InChI=1S/C15H21ClFN3O/c1-2-20(12-5-7-18-8-6-12)10-15(21)19-11-3-4-14(17)13(16)9-11/h3-4,9,12,18H,2,5-8,10H2,1H3,(H,19,21). The third-order valence-corrected chi connectivity index (χ3v) is 4.07. The van der Waals surface area contributed by atoms with Gasteiger partial charge in [0.25, 0.3) is 0 Å². The van der Waals surface area contributed by atoms with Gasteiger partial charge in [-0.1, -0.05) is 18.5 Å². The summed E-state index contributed by atoms with van der Waals surface area (Å²) < 4.78 is 13.1. The monoisotopic (exact) mass is 313 g/mol. The number of likely N-dealkylation sites (N-methyl/N-ethyl adjacent to an activating group) is 1. The zero-order valence-corrected chi connectivity index (χ0v) is 12.9. The molecule has 0 aliphatic carbocycles. The van der Waals surface area contributed by atoms with E-state index < -0.39 is 5.82 Å². The van der Waals surface area contributed by atoms with Crippen LogP contribution in [0.4, 0.5) is 10.1 Å². The molecule has 0 aromatic heterocycles. The predicted molar refractivity (Wildman–Crippen MR) is 83.2 cm³/mol. The minimum Gasteiger partial charge on any atom is -0.325 e. The Hall–Kier alpha value is -1.17. The highest BCUT2D eigenvalue weighted by molar-refractivity contribution is 6.31. The van der Waals surface area contributed by atoms with E-state index in [2.05, 4.69) is 22.5 Å². The van der Waals surface area contributed by atoms with Gasteiger partial charge in [0.1, 0.15) is 5.82 Å². The fourth-order valence-electron chi connectivity index (χ4n) is 2.63. The second-order valence-electron chi connectivity index (χ2n) is 5.22. The molecule has 0 atom stereocenters. The van der Waals surface area contributed by atoms with Crippen LogP contribution < -0.4 is 10.6 Å². The van der Waals surface area contributed by atoms with Crippen LogP contribution in [-0.4, -0.2) is 43.0 Å². The Morgan fingerprint density at radius 3 is 2.81 bits per heavy atom. The molecule has 0 unspecified atom stereocenters. The van der Waals surface area contributed by atoms with Crippen molar-refractivity contribution >= 4 is 23.2 Å². The van der Waals surface area contributed by atoms with E-state index in [1.54, 1.807) is 0 Å². The molecular formula is C15H21ClFN3O. The third-order valence-electron chi connectivity index (χ3n) is 3.78. The molecular weight excluding hydrogens is 293 g/mol. The Bertz CT molecular complexity index is 492. The summed E-state index contributed by atoms with van der Waals surface area (Å²) in [6.07, 6.45) is 2.12. The van der Waals surface area contributed by atoms with E-state index in [-0.39, 0.29) is 10.9 Å². The SMILES string of the molecule is CCN(CC(=O)Nc1ccc(F)c(Cl)c1)C1CCNCC1. The first-order valence-electron chi connectivity index (χ1n) is 7.30. The molecule has 4 nitrogen and oxygen atoms in total. The number of hydrogen-bond donors (Lipinski definition) is 2. The maximum atomic E-state index is 13.1. The number of benzene rings is 1. The quantitative estimate of drug-likeness (QED) is 0.878. The normalized spacial score (nSPS) is 16.2. The summed E-state index contributed by atoms with van der Waals surface area (Å²) in [5.74, 6) is -0.586. The van der Waals surface area contributed by atoms with Gasteiger partial charge in [-0.15, -0.1) is 0 Å². The molecule has 1 aliphatic heterocycles. The predicted octanol–water partition coefficient (Wildman–Crippen LogP) is 2.49. The number of piperidine rings is 1. The highest BCUT2D eigenvalue weighted by atomic mass is 35.5. The second kappa shape index (κ2) is 7.73. The Morgan fingerprint density at radius 1 is 1.48 bits per heavy atom. The van der Waals surface area contributed by atoms with Gasteiger partial charge in [0.15, 0.2) is 0 Å². The molecule has 0 saturated carbocycles. The van der Waals surface area contributed by atoms with Crippen molar-refractivity contribution in [1.82, 2.24) is 10.2 Å². The fraction of sp³-hybridized carbons (Fsp3) is 0.533. The van der Waals surface area contributed by atoms with Crippen molar-refractivity contribution in [2.45, 2.75) is 25.8 Å². The van der Waals surface area contributed by atoms with Crippen molar-refractivity contribution in [3.63, 3.8) is 0 Å². The van der Waals surface area contributed by atoms with E-state index in [9.17, 15) is 9.18 Å². The molecule has 0 spiro atoms. The topological polar surface area (TPSA) is 44.4 Å². The molecule has 1 saturated heterocycles. The maximum absolute atomic E-state index is 13.1. The third kappa shape index (κ3) is 4.66. The minimum atomic E-state index is -0.487. The van der Waals surface area contributed by atoms with Gasteiger partial charge in [-0.3, -0.25) is 9.69 Å². The number of amides is 1. The molecule has 0 radical (unpaired) electrons. The van der Waals surface area contributed by atoms with Crippen LogP contribution in [0.3, 0.4) is 0 Å². The molecule has 1 heterocycles. The lowest BCUT2D eigenvalue weighted by molar-refractivity contribution is -0.118. The molecule has 1 amide bonds. The second-order valence-corrected chi connectivity index (χ2v) is 5.63. The van der Waals surface area contributed by atoms with Crippen molar-refractivity contribution in [2.75, 3.05) is 31.5 Å². The molecule has 6 heteroatoms. The zero-order chi connectivity index (χ0) is 15.2. The molecule has 116 valence electrons. The van der Waals surface area contributed by atoms with Crippen molar-refractivity contribution in [3.8, 4) is 0 Å². The highest BCUT2D eigenvalue weighted by Crippen LogP contribution is 2.19. The lowest BCUT2D eigenvalue weighted by Gasteiger charge is -2.33. The van der Waals surface area contributed by atoms with Crippen LogP contribution in [0.15, 0.2) is 18.2 Å². The Morgan fingerprint density at radius 2 is 2.19 bits per heavy atom. The lowest BCUT2D eigenvalue weighted by atomic mass is 10.0.